The minimum absolute atomic E-state index is 0.0828. The summed E-state index contributed by atoms with van der Waals surface area (Å²) in [6.45, 7) is 3.20. The summed E-state index contributed by atoms with van der Waals surface area (Å²) in [6, 6.07) is 8.70. The Morgan fingerprint density at radius 2 is 2.04 bits per heavy atom. The molecule has 0 fully saturated rings. The first-order chi connectivity index (χ1) is 11.4. The van der Waals surface area contributed by atoms with Gasteiger partial charge in [-0.1, -0.05) is 34.5 Å². The SMILES string of the molecule is CCCOc1c(Br)cc(Br)cc1CNc1ccc(C(=O)O)c(Cl)c1. The first-order valence-corrected chi connectivity index (χ1v) is 9.26. The zero-order valence-corrected chi connectivity index (χ0v) is 16.8. The number of hydrogen-bond donors (Lipinski definition) is 2. The van der Waals surface area contributed by atoms with Gasteiger partial charge in [0.25, 0.3) is 0 Å². The van der Waals surface area contributed by atoms with Crippen LogP contribution < -0.4 is 10.1 Å². The van der Waals surface area contributed by atoms with Crippen molar-refractivity contribution in [1.29, 1.82) is 0 Å². The topological polar surface area (TPSA) is 58.6 Å². The van der Waals surface area contributed by atoms with E-state index >= 15 is 0 Å². The normalized spacial score (nSPS) is 10.5. The molecule has 24 heavy (non-hydrogen) atoms. The molecule has 7 heteroatoms. The van der Waals surface area contributed by atoms with Gasteiger partial charge in [-0.3, -0.25) is 0 Å². The minimum atomic E-state index is -1.04. The predicted octanol–water partition coefficient (Wildman–Crippen LogP) is 5.96. The Labute approximate surface area is 162 Å². The number of ether oxygens (including phenoxy) is 1. The average Bonchev–Trinajstić information content (AvgIpc) is 2.51. The van der Waals surface area contributed by atoms with E-state index in [1.807, 2.05) is 12.1 Å². The standard InChI is InChI=1S/C17H16Br2ClNO3/c1-2-5-24-16-10(6-11(18)7-14(16)19)9-21-12-3-4-13(17(22)23)15(20)8-12/h3-4,6-8,21H,2,5,9H2,1H3,(H,22,23). The summed E-state index contributed by atoms with van der Waals surface area (Å²) in [6.07, 6.45) is 0.918. The van der Waals surface area contributed by atoms with Crippen LogP contribution in [0.3, 0.4) is 0 Å². The number of carboxylic acid groups (broad SMARTS) is 1. The van der Waals surface area contributed by atoms with Gasteiger partial charge in [-0.25, -0.2) is 4.79 Å². The molecule has 0 saturated carbocycles. The molecule has 0 heterocycles. The van der Waals surface area contributed by atoms with Crippen molar-refractivity contribution in [2.75, 3.05) is 11.9 Å². The van der Waals surface area contributed by atoms with E-state index in [1.165, 1.54) is 6.07 Å². The van der Waals surface area contributed by atoms with Crippen LogP contribution in [0.2, 0.25) is 5.02 Å². The fourth-order valence-electron chi connectivity index (χ4n) is 2.11. The van der Waals surface area contributed by atoms with Crippen molar-refractivity contribution in [1.82, 2.24) is 0 Å². The van der Waals surface area contributed by atoms with Gasteiger partial charge in [0.2, 0.25) is 0 Å². The third-order valence-electron chi connectivity index (χ3n) is 3.22. The van der Waals surface area contributed by atoms with Crippen molar-refractivity contribution in [3.8, 4) is 5.75 Å². The Bertz CT molecular complexity index is 753. The highest BCUT2D eigenvalue weighted by Crippen LogP contribution is 2.34. The summed E-state index contributed by atoms with van der Waals surface area (Å²) in [4.78, 5) is 11.0. The number of anilines is 1. The molecule has 2 aromatic rings. The van der Waals surface area contributed by atoms with E-state index in [9.17, 15) is 4.79 Å². The lowest BCUT2D eigenvalue weighted by Gasteiger charge is -2.15. The number of benzene rings is 2. The van der Waals surface area contributed by atoms with Crippen LogP contribution in [-0.2, 0) is 6.54 Å². The highest BCUT2D eigenvalue weighted by Gasteiger charge is 2.12. The molecular weight excluding hydrogens is 461 g/mol. The summed E-state index contributed by atoms with van der Waals surface area (Å²) in [5.41, 5.74) is 1.80. The van der Waals surface area contributed by atoms with E-state index in [-0.39, 0.29) is 10.6 Å². The van der Waals surface area contributed by atoms with Gasteiger partial charge in [0.1, 0.15) is 5.75 Å². The maximum atomic E-state index is 11.0. The highest BCUT2D eigenvalue weighted by molar-refractivity contribution is 9.11. The lowest BCUT2D eigenvalue weighted by molar-refractivity contribution is 0.0697. The highest BCUT2D eigenvalue weighted by atomic mass is 79.9. The molecule has 0 radical (unpaired) electrons. The van der Waals surface area contributed by atoms with E-state index in [2.05, 4.69) is 44.1 Å². The maximum absolute atomic E-state index is 11.0. The smallest absolute Gasteiger partial charge is 0.337 e. The van der Waals surface area contributed by atoms with Crippen LogP contribution in [0.1, 0.15) is 29.3 Å². The van der Waals surface area contributed by atoms with E-state index < -0.39 is 5.97 Å². The maximum Gasteiger partial charge on any atom is 0.337 e. The number of halogens is 3. The summed E-state index contributed by atoms with van der Waals surface area (Å²) in [5, 5.41) is 12.5. The van der Waals surface area contributed by atoms with E-state index in [0.717, 1.165) is 32.4 Å². The van der Waals surface area contributed by atoms with Crippen LogP contribution in [0.4, 0.5) is 5.69 Å². The zero-order chi connectivity index (χ0) is 17.7. The van der Waals surface area contributed by atoms with Crippen LogP contribution in [0, 0.1) is 0 Å². The molecule has 0 atom stereocenters. The Morgan fingerprint density at radius 3 is 2.67 bits per heavy atom. The van der Waals surface area contributed by atoms with Gasteiger partial charge in [-0.15, -0.1) is 0 Å². The van der Waals surface area contributed by atoms with Crippen molar-refractivity contribution in [2.45, 2.75) is 19.9 Å². The Kier molecular flexibility index (Phi) is 6.95. The molecule has 2 N–H and O–H groups in total. The fourth-order valence-corrected chi connectivity index (χ4v) is 3.80. The molecule has 0 unspecified atom stereocenters. The van der Waals surface area contributed by atoms with Crippen molar-refractivity contribution >= 4 is 55.1 Å². The summed E-state index contributed by atoms with van der Waals surface area (Å²) in [5.74, 6) is -0.251. The van der Waals surface area contributed by atoms with E-state index in [0.29, 0.717) is 13.2 Å². The van der Waals surface area contributed by atoms with Crippen LogP contribution in [0.15, 0.2) is 39.3 Å². The quantitative estimate of drug-likeness (QED) is 0.516. The van der Waals surface area contributed by atoms with Gasteiger partial charge in [-0.2, -0.15) is 0 Å². The number of rotatable bonds is 7. The lowest BCUT2D eigenvalue weighted by atomic mass is 10.1. The minimum Gasteiger partial charge on any atom is -0.492 e. The van der Waals surface area contributed by atoms with Gasteiger partial charge < -0.3 is 15.2 Å². The first kappa shape index (κ1) is 19.1. The average molecular weight is 478 g/mol. The van der Waals surface area contributed by atoms with Crippen molar-refractivity contribution in [3.63, 3.8) is 0 Å². The van der Waals surface area contributed by atoms with Crippen molar-refractivity contribution in [2.24, 2.45) is 0 Å². The van der Waals surface area contributed by atoms with Gasteiger partial charge in [0.15, 0.2) is 0 Å². The van der Waals surface area contributed by atoms with Crippen LogP contribution in [0.5, 0.6) is 5.75 Å². The Balaban J connectivity index is 2.19. The van der Waals surface area contributed by atoms with Crippen LogP contribution in [0.25, 0.3) is 0 Å². The molecule has 0 aliphatic carbocycles. The number of carboxylic acids is 1. The Hall–Kier alpha value is -1.24. The molecule has 0 aliphatic rings. The summed E-state index contributed by atoms with van der Waals surface area (Å²) < 4.78 is 7.64. The van der Waals surface area contributed by atoms with Gasteiger partial charge in [0, 0.05) is 22.3 Å². The number of nitrogens with one attached hydrogen (secondary N) is 1. The second kappa shape index (κ2) is 8.74. The molecule has 2 aromatic carbocycles. The van der Waals surface area contributed by atoms with E-state index in [4.69, 9.17) is 21.4 Å². The molecule has 2 rings (SSSR count). The second-order valence-corrected chi connectivity index (χ2v) is 7.25. The predicted molar refractivity (Wildman–Crippen MR) is 103 cm³/mol. The van der Waals surface area contributed by atoms with Gasteiger partial charge in [-0.05, 0) is 52.7 Å². The Morgan fingerprint density at radius 1 is 1.29 bits per heavy atom. The van der Waals surface area contributed by atoms with E-state index in [1.54, 1.807) is 12.1 Å². The molecule has 0 aliphatic heterocycles. The van der Waals surface area contributed by atoms with Crippen LogP contribution in [-0.4, -0.2) is 17.7 Å². The number of aromatic carboxylic acids is 1. The van der Waals surface area contributed by atoms with Crippen molar-refractivity contribution in [3.05, 3.63) is 55.4 Å². The molecular formula is C17H16Br2ClNO3. The third kappa shape index (κ3) is 4.88. The molecule has 0 amide bonds. The monoisotopic (exact) mass is 475 g/mol. The third-order valence-corrected chi connectivity index (χ3v) is 4.58. The lowest BCUT2D eigenvalue weighted by Crippen LogP contribution is -2.05. The fraction of sp³-hybridized carbons (Fsp3) is 0.235. The molecule has 0 saturated heterocycles. The largest absolute Gasteiger partial charge is 0.492 e. The first-order valence-electron chi connectivity index (χ1n) is 7.29. The summed E-state index contributed by atoms with van der Waals surface area (Å²) in [7, 11) is 0. The molecule has 0 bridgehead atoms. The molecule has 0 aromatic heterocycles. The van der Waals surface area contributed by atoms with Crippen LogP contribution >= 0.6 is 43.5 Å². The van der Waals surface area contributed by atoms with Crippen molar-refractivity contribution < 1.29 is 14.6 Å². The molecule has 128 valence electrons. The molecule has 4 nitrogen and oxygen atoms in total. The zero-order valence-electron chi connectivity index (χ0n) is 12.9. The summed E-state index contributed by atoms with van der Waals surface area (Å²) >= 11 is 13.0. The second-order valence-electron chi connectivity index (χ2n) is 5.08. The van der Waals surface area contributed by atoms with Gasteiger partial charge in [0.05, 0.1) is 21.7 Å². The number of carbonyl (C=O) groups is 1. The molecule has 0 spiro atoms. The van der Waals surface area contributed by atoms with Gasteiger partial charge >= 0.3 is 5.97 Å². The number of hydrogen-bond acceptors (Lipinski definition) is 3.